The van der Waals surface area contributed by atoms with E-state index in [1.807, 2.05) is 25.1 Å². The number of carbonyl (C=O) groups excluding carboxylic acids is 1. The zero-order valence-electron chi connectivity index (χ0n) is 12.7. The van der Waals surface area contributed by atoms with Gasteiger partial charge in [0.25, 0.3) is 5.91 Å². The second-order valence-corrected chi connectivity index (χ2v) is 6.70. The molecule has 6 heteroatoms. The molecule has 1 heterocycles. The van der Waals surface area contributed by atoms with E-state index in [0.29, 0.717) is 10.9 Å². The van der Waals surface area contributed by atoms with Gasteiger partial charge in [0.1, 0.15) is 5.75 Å². The summed E-state index contributed by atoms with van der Waals surface area (Å²) in [6.45, 7) is 3.79. The van der Waals surface area contributed by atoms with Crippen molar-refractivity contribution in [1.29, 1.82) is 0 Å². The van der Waals surface area contributed by atoms with E-state index in [1.165, 1.54) is 12.8 Å². The molecule has 1 saturated heterocycles. The third kappa shape index (κ3) is 5.25. The summed E-state index contributed by atoms with van der Waals surface area (Å²) in [5.74, 6) is 0.464. The first-order valence-electron chi connectivity index (χ1n) is 7.54. The molecular weight excluding hydrogens is 364 g/mol. The zero-order chi connectivity index (χ0) is 15.9. The molecule has 1 aliphatic rings. The van der Waals surface area contributed by atoms with E-state index in [9.17, 15) is 4.79 Å². The van der Waals surface area contributed by atoms with Crippen LogP contribution >= 0.6 is 28.1 Å². The summed E-state index contributed by atoms with van der Waals surface area (Å²) in [7, 11) is 0. The Balaban J connectivity index is 1.79. The Bertz CT molecular complexity index is 543. The lowest BCUT2D eigenvalue weighted by Crippen LogP contribution is -2.44. The SMILES string of the molecule is Cc1cc(OCC(=O)NC(=S)N2CCCCCC2)ccc1Br. The number of hydrogen-bond donors (Lipinski definition) is 1. The minimum Gasteiger partial charge on any atom is -0.484 e. The number of nitrogens with one attached hydrogen (secondary N) is 1. The summed E-state index contributed by atoms with van der Waals surface area (Å²) in [4.78, 5) is 14.0. The van der Waals surface area contributed by atoms with E-state index in [2.05, 4.69) is 26.1 Å². The van der Waals surface area contributed by atoms with E-state index < -0.39 is 0 Å². The Hall–Kier alpha value is -1.14. The van der Waals surface area contributed by atoms with Crippen molar-refractivity contribution >= 4 is 39.2 Å². The molecule has 0 aliphatic carbocycles. The molecule has 120 valence electrons. The van der Waals surface area contributed by atoms with Crippen LogP contribution in [-0.4, -0.2) is 35.6 Å². The van der Waals surface area contributed by atoms with E-state index in [1.54, 1.807) is 0 Å². The van der Waals surface area contributed by atoms with Crippen molar-refractivity contribution in [3.63, 3.8) is 0 Å². The lowest BCUT2D eigenvalue weighted by molar-refractivity contribution is -0.121. The minimum absolute atomic E-state index is 0.0327. The number of halogens is 1. The van der Waals surface area contributed by atoms with Crippen molar-refractivity contribution < 1.29 is 9.53 Å². The highest BCUT2D eigenvalue weighted by atomic mass is 79.9. The Morgan fingerprint density at radius 2 is 2.00 bits per heavy atom. The summed E-state index contributed by atoms with van der Waals surface area (Å²) in [6.07, 6.45) is 4.73. The second-order valence-electron chi connectivity index (χ2n) is 5.45. The average molecular weight is 385 g/mol. The van der Waals surface area contributed by atoms with Crippen molar-refractivity contribution in [2.45, 2.75) is 32.6 Å². The van der Waals surface area contributed by atoms with E-state index in [-0.39, 0.29) is 12.5 Å². The van der Waals surface area contributed by atoms with Crippen LogP contribution in [0.4, 0.5) is 0 Å². The molecule has 0 bridgehead atoms. The molecule has 0 spiro atoms. The minimum atomic E-state index is -0.213. The Morgan fingerprint density at radius 1 is 1.32 bits per heavy atom. The fourth-order valence-corrected chi connectivity index (χ4v) is 2.91. The van der Waals surface area contributed by atoms with Crippen molar-refractivity contribution in [2.75, 3.05) is 19.7 Å². The monoisotopic (exact) mass is 384 g/mol. The molecule has 1 aliphatic heterocycles. The molecule has 1 aromatic rings. The highest BCUT2D eigenvalue weighted by Gasteiger charge is 2.14. The molecule has 0 aromatic heterocycles. The molecule has 1 fully saturated rings. The van der Waals surface area contributed by atoms with Gasteiger partial charge in [0.05, 0.1) is 0 Å². The normalized spacial score (nSPS) is 15.1. The molecule has 1 amide bonds. The van der Waals surface area contributed by atoms with Crippen molar-refractivity contribution in [2.24, 2.45) is 0 Å². The number of likely N-dealkylation sites (tertiary alicyclic amines) is 1. The van der Waals surface area contributed by atoms with Gasteiger partial charge in [0.2, 0.25) is 0 Å². The van der Waals surface area contributed by atoms with Gasteiger partial charge >= 0.3 is 0 Å². The number of carbonyl (C=O) groups is 1. The van der Waals surface area contributed by atoms with Crippen LogP contribution in [0.1, 0.15) is 31.2 Å². The predicted octanol–water partition coefficient (Wildman–Crippen LogP) is 3.41. The van der Waals surface area contributed by atoms with Crippen LogP contribution in [-0.2, 0) is 4.79 Å². The Labute approximate surface area is 145 Å². The summed E-state index contributed by atoms with van der Waals surface area (Å²) >= 11 is 8.75. The molecule has 0 atom stereocenters. The van der Waals surface area contributed by atoms with Crippen LogP contribution in [0.5, 0.6) is 5.75 Å². The van der Waals surface area contributed by atoms with Crippen LogP contribution < -0.4 is 10.1 Å². The first-order chi connectivity index (χ1) is 10.6. The van der Waals surface area contributed by atoms with E-state index in [0.717, 1.165) is 36.0 Å². The molecule has 0 radical (unpaired) electrons. The zero-order valence-corrected chi connectivity index (χ0v) is 15.1. The highest BCUT2D eigenvalue weighted by molar-refractivity contribution is 9.10. The third-order valence-electron chi connectivity index (χ3n) is 3.64. The van der Waals surface area contributed by atoms with Gasteiger partial charge in [-0.3, -0.25) is 4.79 Å². The van der Waals surface area contributed by atoms with Gasteiger partial charge < -0.3 is 15.0 Å². The van der Waals surface area contributed by atoms with Crippen LogP contribution in [0.2, 0.25) is 0 Å². The maximum atomic E-state index is 11.9. The lowest BCUT2D eigenvalue weighted by atomic mass is 10.2. The number of nitrogens with zero attached hydrogens (tertiary/aromatic N) is 1. The first-order valence-corrected chi connectivity index (χ1v) is 8.74. The van der Waals surface area contributed by atoms with Crippen molar-refractivity contribution in [1.82, 2.24) is 10.2 Å². The number of hydrogen-bond acceptors (Lipinski definition) is 3. The number of amides is 1. The van der Waals surface area contributed by atoms with Crippen LogP contribution in [0.3, 0.4) is 0 Å². The lowest BCUT2D eigenvalue weighted by Gasteiger charge is -2.23. The molecule has 0 unspecified atom stereocenters. The van der Waals surface area contributed by atoms with Crippen molar-refractivity contribution in [3.8, 4) is 5.75 Å². The largest absolute Gasteiger partial charge is 0.484 e. The summed E-state index contributed by atoms with van der Waals surface area (Å²) < 4.78 is 6.53. The van der Waals surface area contributed by atoms with Gasteiger partial charge in [-0.05, 0) is 55.7 Å². The highest BCUT2D eigenvalue weighted by Crippen LogP contribution is 2.21. The molecule has 2 rings (SSSR count). The number of ether oxygens (including phenoxy) is 1. The standard InChI is InChI=1S/C16H21BrN2O2S/c1-12-10-13(6-7-14(12)17)21-11-15(20)18-16(22)19-8-4-2-3-5-9-19/h6-7,10H,2-5,8-9,11H2,1H3,(H,18,20,22). The van der Waals surface area contributed by atoms with Crippen LogP contribution in [0.15, 0.2) is 22.7 Å². The number of thiocarbonyl (C=S) groups is 1. The van der Waals surface area contributed by atoms with Crippen molar-refractivity contribution in [3.05, 3.63) is 28.2 Å². The van der Waals surface area contributed by atoms with E-state index in [4.69, 9.17) is 17.0 Å². The van der Waals surface area contributed by atoms with E-state index >= 15 is 0 Å². The fourth-order valence-electron chi connectivity index (χ4n) is 2.36. The topological polar surface area (TPSA) is 41.6 Å². The average Bonchev–Trinajstić information content (AvgIpc) is 2.77. The van der Waals surface area contributed by atoms with Gasteiger partial charge in [-0.2, -0.15) is 0 Å². The summed E-state index contributed by atoms with van der Waals surface area (Å²) in [5, 5.41) is 3.27. The molecule has 4 nitrogen and oxygen atoms in total. The first kappa shape index (κ1) is 17.2. The molecule has 22 heavy (non-hydrogen) atoms. The quantitative estimate of drug-likeness (QED) is 0.810. The number of rotatable bonds is 3. The summed E-state index contributed by atoms with van der Waals surface area (Å²) in [5.41, 5.74) is 1.07. The number of aryl methyl sites for hydroxylation is 1. The molecular formula is C16H21BrN2O2S. The molecule has 1 aromatic carbocycles. The predicted molar refractivity (Wildman–Crippen MR) is 95.2 cm³/mol. The Morgan fingerprint density at radius 3 is 2.64 bits per heavy atom. The van der Waals surface area contributed by atoms with Gasteiger partial charge in [0, 0.05) is 17.6 Å². The van der Waals surface area contributed by atoms with Gasteiger partial charge in [0.15, 0.2) is 11.7 Å². The van der Waals surface area contributed by atoms with Gasteiger partial charge in [-0.15, -0.1) is 0 Å². The third-order valence-corrected chi connectivity index (χ3v) is 4.89. The Kier molecular flexibility index (Phi) is 6.64. The fraction of sp³-hybridized carbons (Fsp3) is 0.500. The maximum absolute atomic E-state index is 11.9. The number of benzene rings is 1. The smallest absolute Gasteiger partial charge is 0.264 e. The molecule has 0 saturated carbocycles. The van der Waals surface area contributed by atoms with Crippen LogP contribution in [0.25, 0.3) is 0 Å². The van der Waals surface area contributed by atoms with Gasteiger partial charge in [-0.1, -0.05) is 28.8 Å². The molecule has 1 N–H and O–H groups in total. The van der Waals surface area contributed by atoms with Gasteiger partial charge in [-0.25, -0.2) is 0 Å². The summed E-state index contributed by atoms with van der Waals surface area (Å²) in [6, 6.07) is 5.63. The second kappa shape index (κ2) is 8.48. The van der Waals surface area contributed by atoms with Crippen LogP contribution in [0, 0.1) is 6.92 Å². The maximum Gasteiger partial charge on any atom is 0.264 e.